The van der Waals surface area contributed by atoms with Crippen molar-refractivity contribution in [3.05, 3.63) is 29.3 Å². The Morgan fingerprint density at radius 2 is 2.11 bits per heavy atom. The van der Waals surface area contributed by atoms with Crippen LogP contribution in [0.2, 0.25) is 0 Å². The van der Waals surface area contributed by atoms with Gasteiger partial charge in [0, 0.05) is 12.0 Å². The van der Waals surface area contributed by atoms with E-state index in [4.69, 9.17) is 0 Å². The molecule has 0 spiro atoms. The van der Waals surface area contributed by atoms with Crippen molar-refractivity contribution >= 4 is 23.9 Å². The van der Waals surface area contributed by atoms with Gasteiger partial charge >= 0.3 is 5.97 Å². The number of carbonyl (C=O) groups excluding carboxylic acids is 3. The minimum absolute atomic E-state index is 0.203. The minimum atomic E-state index is -0.556. The highest BCUT2D eigenvalue weighted by Gasteiger charge is 2.14. The van der Waals surface area contributed by atoms with Crippen molar-refractivity contribution < 1.29 is 19.1 Å². The van der Waals surface area contributed by atoms with E-state index in [0.29, 0.717) is 30.4 Å². The maximum absolute atomic E-state index is 11.5. The van der Waals surface area contributed by atoms with Gasteiger partial charge in [0.25, 0.3) is 0 Å². The number of carbonyl (C=O) groups is 3. The summed E-state index contributed by atoms with van der Waals surface area (Å²) in [5.41, 5.74) is 0.909. The average Bonchev–Trinajstić information content (AvgIpc) is 2.38. The lowest BCUT2D eigenvalue weighted by atomic mass is 10.1. The van der Waals surface area contributed by atoms with Crippen LogP contribution in [-0.2, 0) is 9.53 Å². The van der Waals surface area contributed by atoms with Crippen molar-refractivity contribution in [1.82, 2.24) is 0 Å². The van der Waals surface area contributed by atoms with Crippen LogP contribution in [0.25, 0.3) is 0 Å². The normalized spacial score (nSPS) is 9.67. The Morgan fingerprint density at radius 3 is 2.67 bits per heavy atom. The zero-order valence-electron chi connectivity index (χ0n) is 10.4. The van der Waals surface area contributed by atoms with E-state index in [2.05, 4.69) is 10.1 Å². The summed E-state index contributed by atoms with van der Waals surface area (Å²) in [6.07, 6.45) is 1.70. The molecule has 0 aliphatic rings. The molecule has 0 bridgehead atoms. The molecule has 5 nitrogen and oxygen atoms in total. The molecule has 0 atom stereocenters. The third kappa shape index (κ3) is 3.41. The Balaban J connectivity index is 3.07. The molecule has 0 aliphatic carbocycles. The molecule has 1 N–H and O–H groups in total. The Hall–Kier alpha value is -2.17. The van der Waals surface area contributed by atoms with E-state index in [1.54, 1.807) is 0 Å². The van der Waals surface area contributed by atoms with Gasteiger partial charge in [0.2, 0.25) is 5.91 Å². The summed E-state index contributed by atoms with van der Waals surface area (Å²) in [6.45, 7) is 1.88. The number of ether oxygens (including phenoxy) is 1. The molecular weight excluding hydrogens is 234 g/mol. The molecule has 18 heavy (non-hydrogen) atoms. The zero-order chi connectivity index (χ0) is 13.5. The van der Waals surface area contributed by atoms with Gasteiger partial charge in [-0.2, -0.15) is 0 Å². The quantitative estimate of drug-likeness (QED) is 0.640. The van der Waals surface area contributed by atoms with Gasteiger partial charge in [-0.1, -0.05) is 13.0 Å². The van der Waals surface area contributed by atoms with Crippen molar-refractivity contribution in [2.75, 3.05) is 12.4 Å². The number of esters is 1. The monoisotopic (exact) mass is 249 g/mol. The smallest absolute Gasteiger partial charge is 0.339 e. The average molecular weight is 249 g/mol. The van der Waals surface area contributed by atoms with Crippen LogP contribution in [0.1, 0.15) is 40.5 Å². The molecule has 0 aromatic heterocycles. The maximum Gasteiger partial charge on any atom is 0.339 e. The Morgan fingerprint density at radius 1 is 1.39 bits per heavy atom. The summed E-state index contributed by atoms with van der Waals surface area (Å²) < 4.78 is 4.61. The van der Waals surface area contributed by atoms with Crippen LogP contribution >= 0.6 is 0 Å². The molecule has 1 aromatic rings. The fraction of sp³-hybridized carbons (Fsp3) is 0.308. The first-order chi connectivity index (χ1) is 8.62. The van der Waals surface area contributed by atoms with E-state index in [1.807, 2.05) is 6.92 Å². The molecule has 5 heteroatoms. The van der Waals surface area contributed by atoms with Gasteiger partial charge < -0.3 is 10.1 Å². The SMILES string of the molecule is CCCC(=O)Nc1cc(C=O)ccc1C(=O)OC. The van der Waals surface area contributed by atoms with Gasteiger partial charge in [-0.25, -0.2) is 4.79 Å². The number of anilines is 1. The standard InChI is InChI=1S/C13H15NO4/c1-3-4-12(16)14-11-7-9(8-15)5-6-10(11)13(17)18-2/h5-8H,3-4H2,1-2H3,(H,14,16). The van der Waals surface area contributed by atoms with Gasteiger partial charge in [0.1, 0.15) is 6.29 Å². The van der Waals surface area contributed by atoms with Gasteiger partial charge in [-0.15, -0.1) is 0 Å². The summed E-state index contributed by atoms with van der Waals surface area (Å²) in [6, 6.07) is 4.40. The molecule has 1 rings (SSSR count). The largest absolute Gasteiger partial charge is 0.465 e. The number of aldehydes is 1. The molecule has 1 amide bonds. The van der Waals surface area contributed by atoms with Crippen LogP contribution in [-0.4, -0.2) is 25.3 Å². The third-order valence-electron chi connectivity index (χ3n) is 2.34. The van der Waals surface area contributed by atoms with Crippen LogP contribution < -0.4 is 5.32 Å². The van der Waals surface area contributed by atoms with Gasteiger partial charge in [0.05, 0.1) is 18.4 Å². The van der Waals surface area contributed by atoms with Crippen molar-refractivity contribution in [1.29, 1.82) is 0 Å². The highest BCUT2D eigenvalue weighted by atomic mass is 16.5. The first-order valence-electron chi connectivity index (χ1n) is 5.59. The molecule has 0 radical (unpaired) electrons. The number of nitrogens with one attached hydrogen (secondary N) is 1. The number of rotatable bonds is 5. The Labute approximate surface area is 105 Å². The molecule has 0 fully saturated rings. The van der Waals surface area contributed by atoms with Gasteiger partial charge in [0.15, 0.2) is 0 Å². The molecule has 0 heterocycles. The van der Waals surface area contributed by atoms with Crippen molar-refractivity contribution in [3.63, 3.8) is 0 Å². The summed E-state index contributed by atoms with van der Waals surface area (Å²) in [4.78, 5) is 33.7. The van der Waals surface area contributed by atoms with E-state index in [9.17, 15) is 14.4 Å². The lowest BCUT2D eigenvalue weighted by Gasteiger charge is -2.10. The first kappa shape index (κ1) is 13.9. The number of hydrogen-bond donors (Lipinski definition) is 1. The summed E-state index contributed by atoms with van der Waals surface area (Å²) in [5, 5.41) is 2.60. The molecule has 1 aromatic carbocycles. The summed E-state index contributed by atoms with van der Waals surface area (Å²) in [5.74, 6) is -0.759. The van der Waals surface area contributed by atoms with E-state index in [-0.39, 0.29) is 11.5 Å². The van der Waals surface area contributed by atoms with Crippen LogP contribution in [0.15, 0.2) is 18.2 Å². The van der Waals surface area contributed by atoms with E-state index < -0.39 is 5.97 Å². The molecular formula is C13H15NO4. The second kappa shape index (κ2) is 6.54. The zero-order valence-corrected chi connectivity index (χ0v) is 10.4. The van der Waals surface area contributed by atoms with Crippen LogP contribution in [0, 0.1) is 0 Å². The predicted molar refractivity (Wildman–Crippen MR) is 66.7 cm³/mol. The fourth-order valence-electron chi connectivity index (χ4n) is 1.47. The summed E-state index contributed by atoms with van der Waals surface area (Å²) in [7, 11) is 1.26. The number of amides is 1. The second-order valence-electron chi connectivity index (χ2n) is 3.71. The van der Waals surface area contributed by atoms with Crippen molar-refractivity contribution in [2.24, 2.45) is 0 Å². The second-order valence-corrected chi connectivity index (χ2v) is 3.71. The van der Waals surface area contributed by atoms with Crippen LogP contribution in [0.5, 0.6) is 0 Å². The van der Waals surface area contributed by atoms with Crippen molar-refractivity contribution in [3.8, 4) is 0 Å². The number of benzene rings is 1. The maximum atomic E-state index is 11.5. The molecule has 0 saturated heterocycles. The number of methoxy groups -OCH3 is 1. The van der Waals surface area contributed by atoms with E-state index in [0.717, 1.165) is 0 Å². The third-order valence-corrected chi connectivity index (χ3v) is 2.34. The molecule has 0 aliphatic heterocycles. The summed E-state index contributed by atoms with van der Waals surface area (Å²) >= 11 is 0. The lowest BCUT2D eigenvalue weighted by molar-refractivity contribution is -0.116. The topological polar surface area (TPSA) is 72.5 Å². The van der Waals surface area contributed by atoms with E-state index in [1.165, 1.54) is 25.3 Å². The Bertz CT molecular complexity index is 468. The van der Waals surface area contributed by atoms with Crippen LogP contribution in [0.3, 0.4) is 0 Å². The van der Waals surface area contributed by atoms with Crippen molar-refractivity contribution in [2.45, 2.75) is 19.8 Å². The van der Waals surface area contributed by atoms with E-state index >= 15 is 0 Å². The molecule has 96 valence electrons. The highest BCUT2D eigenvalue weighted by Crippen LogP contribution is 2.18. The number of hydrogen-bond acceptors (Lipinski definition) is 4. The van der Waals surface area contributed by atoms with Crippen LogP contribution in [0.4, 0.5) is 5.69 Å². The Kier molecular flexibility index (Phi) is 5.05. The molecule has 0 saturated carbocycles. The minimum Gasteiger partial charge on any atom is -0.465 e. The fourth-order valence-corrected chi connectivity index (χ4v) is 1.47. The predicted octanol–water partition coefficient (Wildman–Crippen LogP) is 2.02. The van der Waals surface area contributed by atoms with Gasteiger partial charge in [-0.3, -0.25) is 9.59 Å². The molecule has 0 unspecified atom stereocenters. The lowest BCUT2D eigenvalue weighted by Crippen LogP contribution is -2.15. The first-order valence-corrected chi connectivity index (χ1v) is 5.59. The highest BCUT2D eigenvalue weighted by molar-refractivity contribution is 6.02. The van der Waals surface area contributed by atoms with Gasteiger partial charge in [-0.05, 0) is 18.6 Å².